The second-order valence-electron chi connectivity index (χ2n) is 6.51. The molecule has 2 aromatic rings. The van der Waals surface area contributed by atoms with Crippen molar-refractivity contribution in [3.8, 4) is 5.75 Å². The molecule has 0 atom stereocenters. The Hall–Kier alpha value is -3.15. The maximum absolute atomic E-state index is 12.0. The number of para-hydroxylation sites is 1. The smallest absolute Gasteiger partial charge is 0.306 e. The summed E-state index contributed by atoms with van der Waals surface area (Å²) in [6, 6.07) is 12.5. The fourth-order valence-electron chi connectivity index (χ4n) is 2.60. The number of aryl methyl sites for hydroxylation is 2. The van der Waals surface area contributed by atoms with Gasteiger partial charge in [0.25, 0.3) is 5.91 Å². The lowest BCUT2D eigenvalue weighted by molar-refractivity contribution is -0.147. The highest BCUT2D eigenvalue weighted by Gasteiger charge is 2.10. The zero-order chi connectivity index (χ0) is 20.5. The van der Waals surface area contributed by atoms with Crippen LogP contribution in [0.4, 0.5) is 5.69 Å². The Balaban J connectivity index is 1.65. The number of Topliss-reactive ketones (excluding diaryl/α,β-unsaturated/α-hetero) is 1. The van der Waals surface area contributed by atoms with Gasteiger partial charge in [0.2, 0.25) is 0 Å². The van der Waals surface area contributed by atoms with Crippen molar-refractivity contribution in [1.82, 2.24) is 0 Å². The minimum atomic E-state index is -0.452. The summed E-state index contributed by atoms with van der Waals surface area (Å²) in [5, 5.41) is 2.77. The van der Waals surface area contributed by atoms with Crippen LogP contribution in [0.3, 0.4) is 0 Å². The van der Waals surface area contributed by atoms with Gasteiger partial charge in [-0.15, -0.1) is 0 Å². The molecular formula is C22H25NO5. The van der Waals surface area contributed by atoms with Crippen LogP contribution in [0.5, 0.6) is 5.75 Å². The molecule has 1 N–H and O–H groups in total. The minimum absolute atomic E-state index is 0.00378. The molecule has 1 amide bonds. The van der Waals surface area contributed by atoms with Gasteiger partial charge in [-0.05, 0) is 62.6 Å². The van der Waals surface area contributed by atoms with E-state index in [-0.39, 0.29) is 24.7 Å². The van der Waals surface area contributed by atoms with Gasteiger partial charge in [-0.3, -0.25) is 14.4 Å². The normalized spacial score (nSPS) is 10.2. The highest BCUT2D eigenvalue weighted by atomic mass is 16.5. The Labute approximate surface area is 164 Å². The summed E-state index contributed by atoms with van der Waals surface area (Å²) in [5.74, 6) is -0.193. The SMILES string of the molecule is CC(=O)c1ccc(OCCCC(=O)OCC(=O)Nc2c(C)cccc2C)cc1. The number of nitrogens with one attached hydrogen (secondary N) is 1. The Morgan fingerprint density at radius 2 is 1.61 bits per heavy atom. The molecule has 2 aromatic carbocycles. The van der Waals surface area contributed by atoms with Crippen molar-refractivity contribution in [3.63, 3.8) is 0 Å². The Morgan fingerprint density at radius 1 is 0.964 bits per heavy atom. The quantitative estimate of drug-likeness (QED) is 0.404. The van der Waals surface area contributed by atoms with Crippen LogP contribution < -0.4 is 10.1 Å². The molecular weight excluding hydrogens is 358 g/mol. The number of carbonyl (C=O) groups is 3. The molecule has 6 heteroatoms. The number of amides is 1. The number of ketones is 1. The molecule has 0 saturated heterocycles. The first-order valence-corrected chi connectivity index (χ1v) is 9.12. The molecule has 148 valence electrons. The number of esters is 1. The predicted molar refractivity (Wildman–Crippen MR) is 107 cm³/mol. The van der Waals surface area contributed by atoms with E-state index < -0.39 is 5.97 Å². The molecule has 0 aliphatic carbocycles. The molecule has 0 aliphatic rings. The Bertz CT molecular complexity index is 822. The predicted octanol–water partition coefficient (Wildman–Crippen LogP) is 3.85. The Morgan fingerprint density at radius 3 is 2.21 bits per heavy atom. The fraction of sp³-hybridized carbons (Fsp3) is 0.318. The van der Waals surface area contributed by atoms with Crippen molar-refractivity contribution in [2.24, 2.45) is 0 Å². The number of carbonyl (C=O) groups excluding carboxylic acids is 3. The minimum Gasteiger partial charge on any atom is -0.494 e. The van der Waals surface area contributed by atoms with Crippen molar-refractivity contribution >= 4 is 23.3 Å². The highest BCUT2D eigenvalue weighted by Crippen LogP contribution is 2.19. The van der Waals surface area contributed by atoms with E-state index in [1.165, 1.54) is 6.92 Å². The first-order chi connectivity index (χ1) is 13.4. The van der Waals surface area contributed by atoms with Crippen LogP contribution in [0.25, 0.3) is 0 Å². The maximum Gasteiger partial charge on any atom is 0.306 e. The van der Waals surface area contributed by atoms with E-state index >= 15 is 0 Å². The van der Waals surface area contributed by atoms with Gasteiger partial charge in [0.1, 0.15) is 5.75 Å². The van der Waals surface area contributed by atoms with Crippen LogP contribution in [0.1, 0.15) is 41.3 Å². The summed E-state index contributed by atoms with van der Waals surface area (Å²) in [4.78, 5) is 35.0. The average Bonchev–Trinajstić information content (AvgIpc) is 2.67. The lowest BCUT2D eigenvalue weighted by atomic mass is 10.1. The molecule has 0 heterocycles. The average molecular weight is 383 g/mol. The molecule has 0 aromatic heterocycles. The van der Waals surface area contributed by atoms with Crippen LogP contribution in [-0.4, -0.2) is 30.9 Å². The van der Waals surface area contributed by atoms with Gasteiger partial charge >= 0.3 is 5.97 Å². The van der Waals surface area contributed by atoms with E-state index in [0.717, 1.165) is 16.8 Å². The van der Waals surface area contributed by atoms with Gasteiger partial charge in [-0.25, -0.2) is 0 Å². The number of rotatable bonds is 9. The second-order valence-corrected chi connectivity index (χ2v) is 6.51. The molecule has 0 bridgehead atoms. The topological polar surface area (TPSA) is 81.7 Å². The molecule has 6 nitrogen and oxygen atoms in total. The van der Waals surface area contributed by atoms with Gasteiger partial charge in [-0.1, -0.05) is 18.2 Å². The maximum atomic E-state index is 12.0. The number of hydrogen-bond acceptors (Lipinski definition) is 5. The Kier molecular flexibility index (Phi) is 7.75. The third-order valence-corrected chi connectivity index (χ3v) is 4.16. The molecule has 28 heavy (non-hydrogen) atoms. The first kappa shape index (κ1) is 21.2. The molecule has 0 unspecified atom stereocenters. The zero-order valence-electron chi connectivity index (χ0n) is 16.4. The van der Waals surface area contributed by atoms with E-state index in [1.807, 2.05) is 32.0 Å². The molecule has 2 rings (SSSR count). The van der Waals surface area contributed by atoms with Gasteiger partial charge < -0.3 is 14.8 Å². The van der Waals surface area contributed by atoms with E-state index in [9.17, 15) is 14.4 Å². The molecule has 0 aliphatic heterocycles. The van der Waals surface area contributed by atoms with Crippen molar-refractivity contribution in [2.45, 2.75) is 33.6 Å². The third-order valence-electron chi connectivity index (χ3n) is 4.16. The van der Waals surface area contributed by atoms with Gasteiger partial charge in [0.05, 0.1) is 6.61 Å². The zero-order valence-corrected chi connectivity index (χ0v) is 16.4. The second kappa shape index (κ2) is 10.3. The van der Waals surface area contributed by atoms with Gasteiger partial charge in [0, 0.05) is 17.7 Å². The molecule has 0 spiro atoms. The first-order valence-electron chi connectivity index (χ1n) is 9.12. The van der Waals surface area contributed by atoms with E-state index in [2.05, 4.69) is 5.32 Å². The summed E-state index contributed by atoms with van der Waals surface area (Å²) in [6.45, 7) is 5.33. The van der Waals surface area contributed by atoms with Gasteiger partial charge in [0.15, 0.2) is 12.4 Å². The van der Waals surface area contributed by atoms with Crippen molar-refractivity contribution < 1.29 is 23.9 Å². The van der Waals surface area contributed by atoms with E-state index in [1.54, 1.807) is 24.3 Å². The van der Waals surface area contributed by atoms with E-state index in [0.29, 0.717) is 24.3 Å². The van der Waals surface area contributed by atoms with Crippen molar-refractivity contribution in [1.29, 1.82) is 0 Å². The summed E-state index contributed by atoms with van der Waals surface area (Å²) >= 11 is 0. The fourth-order valence-corrected chi connectivity index (χ4v) is 2.60. The van der Waals surface area contributed by atoms with Crippen LogP contribution in [-0.2, 0) is 14.3 Å². The largest absolute Gasteiger partial charge is 0.494 e. The van der Waals surface area contributed by atoms with Crippen LogP contribution in [0.2, 0.25) is 0 Å². The molecule has 0 saturated carbocycles. The monoisotopic (exact) mass is 383 g/mol. The number of anilines is 1. The number of ether oxygens (including phenoxy) is 2. The summed E-state index contributed by atoms with van der Waals surface area (Å²) in [7, 11) is 0. The van der Waals surface area contributed by atoms with Gasteiger partial charge in [-0.2, -0.15) is 0 Å². The lowest BCUT2D eigenvalue weighted by Crippen LogP contribution is -2.22. The summed E-state index contributed by atoms with van der Waals surface area (Å²) in [6.07, 6.45) is 0.619. The highest BCUT2D eigenvalue weighted by molar-refractivity contribution is 5.94. The molecule has 0 radical (unpaired) electrons. The van der Waals surface area contributed by atoms with Crippen LogP contribution in [0.15, 0.2) is 42.5 Å². The third kappa shape index (κ3) is 6.54. The van der Waals surface area contributed by atoms with Crippen LogP contribution in [0, 0.1) is 13.8 Å². The summed E-state index contributed by atoms with van der Waals surface area (Å²) < 4.78 is 10.5. The summed E-state index contributed by atoms with van der Waals surface area (Å²) in [5.41, 5.74) is 3.27. The van der Waals surface area contributed by atoms with Crippen molar-refractivity contribution in [2.75, 3.05) is 18.5 Å². The van der Waals surface area contributed by atoms with Crippen molar-refractivity contribution in [3.05, 3.63) is 59.2 Å². The number of benzene rings is 2. The standard InChI is InChI=1S/C22H25NO5/c1-15-6-4-7-16(2)22(15)23-20(25)14-28-21(26)8-5-13-27-19-11-9-18(10-12-19)17(3)24/h4,6-7,9-12H,5,8,13-14H2,1-3H3,(H,23,25). The lowest BCUT2D eigenvalue weighted by Gasteiger charge is -2.11. The number of hydrogen-bond donors (Lipinski definition) is 1. The van der Waals surface area contributed by atoms with Crippen LogP contribution >= 0.6 is 0 Å². The molecule has 0 fully saturated rings. The van der Waals surface area contributed by atoms with E-state index in [4.69, 9.17) is 9.47 Å².